The number of primary amides is 2. The van der Waals surface area contributed by atoms with Crippen LogP contribution in [-0.2, 0) is 0 Å². The molecular weight excluding hydrogens is 144 g/mol. The smallest absolute Gasteiger partial charge is 0.309 e. The number of hydrogen-bond donors (Lipinski definition) is 3. The SMILES string of the molecule is NC(N)=O.Nc1ccncc1. The van der Waals surface area contributed by atoms with Crippen molar-refractivity contribution in [1.29, 1.82) is 0 Å². The average Bonchev–Trinajstić information content (AvgIpc) is 1.87. The zero-order valence-electron chi connectivity index (χ0n) is 5.90. The number of nitrogen functional groups attached to an aromatic ring is 1. The first-order valence-electron chi connectivity index (χ1n) is 2.83. The number of amides is 2. The minimum absolute atomic E-state index is 0.759. The molecule has 2 amide bonds. The van der Waals surface area contributed by atoms with Crippen molar-refractivity contribution in [3.05, 3.63) is 24.5 Å². The molecule has 1 aromatic heterocycles. The maximum Gasteiger partial charge on any atom is 0.309 e. The van der Waals surface area contributed by atoms with Crippen molar-refractivity contribution in [1.82, 2.24) is 4.98 Å². The van der Waals surface area contributed by atoms with Crippen LogP contribution >= 0.6 is 0 Å². The van der Waals surface area contributed by atoms with E-state index in [1.165, 1.54) is 0 Å². The fraction of sp³-hybridized carbons (Fsp3) is 0. The molecule has 0 unspecified atom stereocenters. The van der Waals surface area contributed by atoms with E-state index in [1.807, 2.05) is 0 Å². The second-order valence-corrected chi connectivity index (χ2v) is 1.68. The summed E-state index contributed by atoms with van der Waals surface area (Å²) in [6.45, 7) is 0. The van der Waals surface area contributed by atoms with Gasteiger partial charge in [0.1, 0.15) is 0 Å². The van der Waals surface area contributed by atoms with Gasteiger partial charge in [0.15, 0.2) is 0 Å². The molecule has 0 spiro atoms. The molecule has 0 radical (unpaired) electrons. The summed E-state index contributed by atoms with van der Waals surface area (Å²) in [5.74, 6) is 0. The van der Waals surface area contributed by atoms with Crippen LogP contribution in [0.2, 0.25) is 0 Å². The third-order valence-corrected chi connectivity index (χ3v) is 0.706. The number of anilines is 1. The van der Waals surface area contributed by atoms with Gasteiger partial charge in [0.05, 0.1) is 0 Å². The summed E-state index contributed by atoms with van der Waals surface area (Å²) in [5, 5.41) is 0. The standard InChI is InChI=1S/C5H6N2.CH4N2O/c6-5-1-3-7-4-2-5;2-1(3)4/h1-4H,(H2,6,7);(H4,2,3,4). The number of nitrogens with two attached hydrogens (primary N) is 3. The van der Waals surface area contributed by atoms with E-state index in [0.29, 0.717) is 0 Å². The zero-order valence-corrected chi connectivity index (χ0v) is 5.90. The number of pyridine rings is 1. The molecule has 0 saturated heterocycles. The molecule has 0 aliphatic carbocycles. The Morgan fingerprint density at radius 3 is 1.82 bits per heavy atom. The van der Waals surface area contributed by atoms with Crippen LogP contribution < -0.4 is 17.2 Å². The first-order chi connectivity index (χ1) is 5.13. The highest BCUT2D eigenvalue weighted by Gasteiger charge is 1.73. The Hall–Kier alpha value is -1.78. The van der Waals surface area contributed by atoms with Gasteiger partial charge in [-0.05, 0) is 12.1 Å². The highest BCUT2D eigenvalue weighted by molar-refractivity contribution is 5.69. The Morgan fingerprint density at radius 2 is 1.64 bits per heavy atom. The minimum atomic E-state index is -0.833. The first kappa shape index (κ1) is 9.22. The quantitative estimate of drug-likeness (QED) is 0.476. The van der Waals surface area contributed by atoms with Crippen molar-refractivity contribution in [3.63, 3.8) is 0 Å². The van der Waals surface area contributed by atoms with E-state index in [-0.39, 0.29) is 0 Å². The molecule has 0 aliphatic heterocycles. The predicted octanol–water partition coefficient (Wildman–Crippen LogP) is -0.312. The van der Waals surface area contributed by atoms with Crippen molar-refractivity contribution in [2.75, 3.05) is 5.73 Å². The third-order valence-electron chi connectivity index (χ3n) is 0.706. The largest absolute Gasteiger partial charge is 0.399 e. The Balaban J connectivity index is 0.000000218. The lowest BCUT2D eigenvalue weighted by Gasteiger charge is -1.83. The van der Waals surface area contributed by atoms with E-state index in [2.05, 4.69) is 16.5 Å². The van der Waals surface area contributed by atoms with Crippen LogP contribution in [0.5, 0.6) is 0 Å². The van der Waals surface area contributed by atoms with Gasteiger partial charge in [0, 0.05) is 18.1 Å². The van der Waals surface area contributed by atoms with Crippen LogP contribution in [0.15, 0.2) is 24.5 Å². The van der Waals surface area contributed by atoms with Gasteiger partial charge in [0.2, 0.25) is 0 Å². The predicted molar refractivity (Wildman–Crippen MR) is 42.4 cm³/mol. The maximum absolute atomic E-state index is 9.00. The molecule has 0 fully saturated rings. The van der Waals surface area contributed by atoms with Crippen molar-refractivity contribution >= 4 is 11.7 Å². The summed E-state index contributed by atoms with van der Waals surface area (Å²) >= 11 is 0. The molecule has 5 heteroatoms. The first-order valence-corrected chi connectivity index (χ1v) is 2.83. The van der Waals surface area contributed by atoms with Crippen LogP contribution in [0.3, 0.4) is 0 Å². The van der Waals surface area contributed by atoms with E-state index in [9.17, 15) is 0 Å². The summed E-state index contributed by atoms with van der Waals surface area (Å²) in [6.07, 6.45) is 3.32. The van der Waals surface area contributed by atoms with Crippen molar-refractivity contribution < 1.29 is 4.79 Å². The number of carbonyl (C=O) groups excluding carboxylic acids is 1. The van der Waals surface area contributed by atoms with Crippen LogP contribution in [0.1, 0.15) is 0 Å². The van der Waals surface area contributed by atoms with Gasteiger partial charge in [-0.25, -0.2) is 4.79 Å². The number of aromatic nitrogens is 1. The van der Waals surface area contributed by atoms with Crippen molar-refractivity contribution in [3.8, 4) is 0 Å². The summed E-state index contributed by atoms with van der Waals surface area (Å²) in [7, 11) is 0. The highest BCUT2D eigenvalue weighted by Crippen LogP contribution is 1.92. The Labute approximate surface area is 64.2 Å². The fourth-order valence-corrected chi connectivity index (χ4v) is 0.363. The van der Waals surface area contributed by atoms with Gasteiger partial charge in [-0.3, -0.25) is 4.98 Å². The lowest BCUT2D eigenvalue weighted by molar-refractivity contribution is 0.256. The van der Waals surface area contributed by atoms with Gasteiger partial charge < -0.3 is 17.2 Å². The van der Waals surface area contributed by atoms with Crippen LogP contribution in [0.25, 0.3) is 0 Å². The highest BCUT2D eigenvalue weighted by atomic mass is 16.2. The average molecular weight is 154 g/mol. The normalized spacial score (nSPS) is 7.64. The number of hydrogen-bond acceptors (Lipinski definition) is 3. The molecule has 1 aromatic rings. The second-order valence-electron chi connectivity index (χ2n) is 1.68. The maximum atomic E-state index is 9.00. The molecule has 11 heavy (non-hydrogen) atoms. The number of urea groups is 1. The van der Waals surface area contributed by atoms with E-state index in [0.717, 1.165) is 5.69 Å². The summed E-state index contributed by atoms with van der Waals surface area (Å²) < 4.78 is 0. The van der Waals surface area contributed by atoms with Gasteiger partial charge in [0.25, 0.3) is 0 Å². The zero-order chi connectivity index (χ0) is 8.69. The van der Waals surface area contributed by atoms with Gasteiger partial charge in [-0.15, -0.1) is 0 Å². The van der Waals surface area contributed by atoms with Gasteiger partial charge >= 0.3 is 6.03 Å². The fourth-order valence-electron chi connectivity index (χ4n) is 0.363. The minimum Gasteiger partial charge on any atom is -0.399 e. The Bertz CT molecular complexity index is 207. The second kappa shape index (κ2) is 5.04. The molecule has 0 bridgehead atoms. The van der Waals surface area contributed by atoms with E-state index >= 15 is 0 Å². The van der Waals surface area contributed by atoms with Crippen LogP contribution in [-0.4, -0.2) is 11.0 Å². The summed E-state index contributed by atoms with van der Waals surface area (Å²) in [4.78, 5) is 12.8. The summed E-state index contributed by atoms with van der Waals surface area (Å²) in [5.41, 5.74) is 14.6. The number of carbonyl (C=O) groups is 1. The molecule has 6 N–H and O–H groups in total. The van der Waals surface area contributed by atoms with Crippen LogP contribution in [0.4, 0.5) is 10.5 Å². The number of nitrogens with zero attached hydrogens (tertiary/aromatic N) is 1. The van der Waals surface area contributed by atoms with E-state index < -0.39 is 6.03 Å². The molecular formula is C6H10N4O. The lowest BCUT2D eigenvalue weighted by Crippen LogP contribution is -2.18. The molecule has 5 nitrogen and oxygen atoms in total. The molecule has 60 valence electrons. The monoisotopic (exact) mass is 154 g/mol. The van der Waals surface area contributed by atoms with E-state index in [1.54, 1.807) is 24.5 Å². The molecule has 1 heterocycles. The van der Waals surface area contributed by atoms with Crippen molar-refractivity contribution in [2.24, 2.45) is 11.5 Å². The van der Waals surface area contributed by atoms with Crippen LogP contribution in [0, 0.1) is 0 Å². The molecule has 0 saturated carbocycles. The van der Waals surface area contributed by atoms with Crippen molar-refractivity contribution in [2.45, 2.75) is 0 Å². The lowest BCUT2D eigenvalue weighted by atomic mass is 10.4. The topological polar surface area (TPSA) is 108 Å². The van der Waals surface area contributed by atoms with E-state index in [4.69, 9.17) is 10.5 Å². The molecule has 0 aromatic carbocycles. The Morgan fingerprint density at radius 1 is 1.27 bits per heavy atom. The molecule has 0 atom stereocenters. The van der Waals surface area contributed by atoms with Gasteiger partial charge in [-0.2, -0.15) is 0 Å². The molecule has 0 aliphatic rings. The number of rotatable bonds is 0. The van der Waals surface area contributed by atoms with Gasteiger partial charge in [-0.1, -0.05) is 0 Å². The Kier molecular flexibility index (Phi) is 4.22. The third kappa shape index (κ3) is 8.22. The molecule has 1 rings (SSSR count). The summed E-state index contributed by atoms with van der Waals surface area (Å²) in [6, 6.07) is 2.67.